The van der Waals surface area contributed by atoms with Crippen molar-refractivity contribution in [1.82, 2.24) is 15.1 Å². The van der Waals surface area contributed by atoms with Crippen molar-refractivity contribution in [3.63, 3.8) is 0 Å². The summed E-state index contributed by atoms with van der Waals surface area (Å²) in [6.45, 7) is 3.16. The van der Waals surface area contributed by atoms with Gasteiger partial charge in [0.1, 0.15) is 5.69 Å². The first kappa shape index (κ1) is 15.2. The van der Waals surface area contributed by atoms with Crippen molar-refractivity contribution >= 4 is 5.95 Å². The quantitative estimate of drug-likeness (QED) is 0.705. The van der Waals surface area contributed by atoms with Gasteiger partial charge in [-0.2, -0.15) is 0 Å². The minimum Gasteiger partial charge on any atom is -0.383 e. The molecule has 0 saturated heterocycles. The van der Waals surface area contributed by atoms with Gasteiger partial charge in [-0.05, 0) is 13.0 Å². The smallest absolute Gasteiger partial charge is 0.223 e. The summed E-state index contributed by atoms with van der Waals surface area (Å²) in [5.41, 5.74) is 3.25. The number of nitrogens with zero attached hydrogens (tertiary/aromatic N) is 3. The van der Waals surface area contributed by atoms with Crippen LogP contribution >= 0.6 is 0 Å². The van der Waals surface area contributed by atoms with Crippen LogP contribution in [0.5, 0.6) is 0 Å². The average Bonchev–Trinajstić information content (AvgIpc) is 3.06. The molecule has 0 aliphatic carbocycles. The van der Waals surface area contributed by atoms with E-state index in [1.807, 2.05) is 49.4 Å². The van der Waals surface area contributed by atoms with Crippen LogP contribution in [0.4, 0.5) is 5.95 Å². The van der Waals surface area contributed by atoms with Crippen LogP contribution in [-0.4, -0.2) is 35.4 Å². The van der Waals surface area contributed by atoms with Gasteiger partial charge in [-0.3, -0.25) is 0 Å². The lowest BCUT2D eigenvalue weighted by Crippen LogP contribution is -2.11. The molecule has 6 nitrogen and oxygen atoms in total. The van der Waals surface area contributed by atoms with Gasteiger partial charge in [-0.15, -0.1) is 0 Å². The second-order valence-electron chi connectivity index (χ2n) is 5.08. The molecule has 0 saturated carbocycles. The van der Waals surface area contributed by atoms with Gasteiger partial charge in [-0.25, -0.2) is 9.97 Å². The van der Waals surface area contributed by atoms with Gasteiger partial charge in [-0.1, -0.05) is 35.5 Å². The normalized spacial score (nSPS) is 10.7. The third-order valence-electron chi connectivity index (χ3n) is 3.27. The van der Waals surface area contributed by atoms with Crippen LogP contribution in [0.1, 0.15) is 5.69 Å². The highest BCUT2D eigenvalue weighted by atomic mass is 16.5. The van der Waals surface area contributed by atoms with Gasteiger partial charge in [0.15, 0.2) is 5.76 Å². The van der Waals surface area contributed by atoms with Crippen molar-refractivity contribution in [1.29, 1.82) is 0 Å². The van der Waals surface area contributed by atoms with E-state index in [-0.39, 0.29) is 0 Å². The van der Waals surface area contributed by atoms with E-state index in [9.17, 15) is 0 Å². The molecule has 0 radical (unpaired) electrons. The van der Waals surface area contributed by atoms with Gasteiger partial charge in [0.05, 0.1) is 12.3 Å². The Morgan fingerprint density at radius 2 is 1.91 bits per heavy atom. The highest BCUT2D eigenvalue weighted by Gasteiger charge is 2.11. The first-order valence-corrected chi connectivity index (χ1v) is 7.37. The summed E-state index contributed by atoms with van der Waals surface area (Å²) in [5.74, 6) is 1.27. The number of ether oxygens (including phenoxy) is 1. The maximum absolute atomic E-state index is 5.43. The van der Waals surface area contributed by atoms with E-state index in [1.165, 1.54) is 0 Å². The number of aromatic nitrogens is 3. The number of methoxy groups -OCH3 is 1. The second kappa shape index (κ2) is 7.02. The summed E-state index contributed by atoms with van der Waals surface area (Å²) in [6, 6.07) is 13.6. The first-order chi connectivity index (χ1) is 11.3. The predicted molar refractivity (Wildman–Crippen MR) is 88.1 cm³/mol. The number of hydrogen-bond donors (Lipinski definition) is 1. The van der Waals surface area contributed by atoms with E-state index in [0.29, 0.717) is 30.6 Å². The summed E-state index contributed by atoms with van der Waals surface area (Å²) >= 11 is 0. The van der Waals surface area contributed by atoms with E-state index in [0.717, 1.165) is 17.0 Å². The molecule has 1 aromatic carbocycles. The van der Waals surface area contributed by atoms with Crippen LogP contribution in [0, 0.1) is 6.92 Å². The second-order valence-corrected chi connectivity index (χ2v) is 5.08. The van der Waals surface area contributed by atoms with Crippen molar-refractivity contribution < 1.29 is 9.26 Å². The summed E-state index contributed by atoms with van der Waals surface area (Å²) in [5, 5.41) is 7.25. The van der Waals surface area contributed by atoms with Crippen molar-refractivity contribution in [2.75, 3.05) is 25.6 Å². The van der Waals surface area contributed by atoms with E-state index in [1.54, 1.807) is 7.11 Å². The van der Waals surface area contributed by atoms with Crippen LogP contribution in [0.2, 0.25) is 0 Å². The minimum atomic E-state index is 0.557. The predicted octanol–water partition coefficient (Wildman–Crippen LogP) is 3.17. The third kappa shape index (κ3) is 3.73. The summed E-state index contributed by atoms with van der Waals surface area (Å²) in [7, 11) is 1.66. The number of aryl methyl sites for hydroxylation is 1. The van der Waals surface area contributed by atoms with Gasteiger partial charge < -0.3 is 14.6 Å². The van der Waals surface area contributed by atoms with Gasteiger partial charge >= 0.3 is 0 Å². The molecule has 0 fully saturated rings. The summed E-state index contributed by atoms with van der Waals surface area (Å²) in [6.07, 6.45) is 0. The molecule has 0 atom stereocenters. The Morgan fingerprint density at radius 3 is 2.70 bits per heavy atom. The van der Waals surface area contributed by atoms with Crippen LogP contribution < -0.4 is 5.32 Å². The molecule has 6 heteroatoms. The van der Waals surface area contributed by atoms with Crippen LogP contribution in [-0.2, 0) is 4.74 Å². The molecular weight excluding hydrogens is 292 g/mol. The zero-order valence-electron chi connectivity index (χ0n) is 13.1. The number of hydrogen-bond acceptors (Lipinski definition) is 6. The Bertz CT molecular complexity index is 771. The van der Waals surface area contributed by atoms with E-state index < -0.39 is 0 Å². The fourth-order valence-corrected chi connectivity index (χ4v) is 2.18. The van der Waals surface area contributed by atoms with E-state index >= 15 is 0 Å². The lowest BCUT2D eigenvalue weighted by Gasteiger charge is -2.06. The molecule has 3 aromatic rings. The maximum atomic E-state index is 5.43. The first-order valence-electron chi connectivity index (χ1n) is 7.37. The topological polar surface area (TPSA) is 73.1 Å². The Balaban J connectivity index is 1.85. The molecule has 118 valence electrons. The van der Waals surface area contributed by atoms with Crippen molar-refractivity contribution in [2.45, 2.75) is 6.92 Å². The molecule has 1 N–H and O–H groups in total. The molecule has 3 rings (SSSR count). The SMILES string of the molecule is COCCNc1nc(C)cc(-c2cc(-c3ccccc3)on2)n1. The highest BCUT2D eigenvalue weighted by Crippen LogP contribution is 2.25. The fraction of sp³-hybridized carbons (Fsp3) is 0.235. The standard InChI is InChI=1S/C17H18N4O2/c1-12-10-14(20-17(19-12)18-8-9-22-2)15-11-16(23-21-15)13-6-4-3-5-7-13/h3-7,10-11H,8-9H2,1-2H3,(H,18,19,20). The Hall–Kier alpha value is -2.73. The molecule has 0 aliphatic heterocycles. The molecule has 0 aliphatic rings. The van der Waals surface area contributed by atoms with Crippen molar-refractivity contribution in [3.05, 3.63) is 48.2 Å². The highest BCUT2D eigenvalue weighted by molar-refractivity contribution is 5.65. The number of nitrogens with one attached hydrogen (secondary N) is 1. The number of rotatable bonds is 6. The van der Waals surface area contributed by atoms with Crippen LogP contribution in [0.25, 0.3) is 22.7 Å². The molecule has 2 heterocycles. The average molecular weight is 310 g/mol. The van der Waals surface area contributed by atoms with Crippen LogP contribution in [0.15, 0.2) is 47.0 Å². The Kier molecular flexibility index (Phi) is 4.63. The van der Waals surface area contributed by atoms with Crippen LogP contribution in [0.3, 0.4) is 0 Å². The van der Waals surface area contributed by atoms with Gasteiger partial charge in [0.25, 0.3) is 0 Å². The van der Waals surface area contributed by atoms with E-state index in [2.05, 4.69) is 20.4 Å². The lowest BCUT2D eigenvalue weighted by molar-refractivity contribution is 0.210. The monoisotopic (exact) mass is 310 g/mol. The number of benzene rings is 1. The third-order valence-corrected chi connectivity index (χ3v) is 3.27. The molecular formula is C17H18N4O2. The maximum Gasteiger partial charge on any atom is 0.223 e. The molecule has 0 unspecified atom stereocenters. The van der Waals surface area contributed by atoms with Gasteiger partial charge in [0, 0.05) is 31.0 Å². The molecule has 0 spiro atoms. The largest absolute Gasteiger partial charge is 0.383 e. The Labute approximate surface area is 134 Å². The Morgan fingerprint density at radius 1 is 1.09 bits per heavy atom. The van der Waals surface area contributed by atoms with Crippen molar-refractivity contribution in [3.8, 4) is 22.7 Å². The number of anilines is 1. The van der Waals surface area contributed by atoms with E-state index in [4.69, 9.17) is 9.26 Å². The fourth-order valence-electron chi connectivity index (χ4n) is 2.18. The molecule has 0 bridgehead atoms. The summed E-state index contributed by atoms with van der Waals surface area (Å²) < 4.78 is 10.4. The summed E-state index contributed by atoms with van der Waals surface area (Å²) in [4.78, 5) is 8.84. The zero-order valence-corrected chi connectivity index (χ0v) is 13.1. The minimum absolute atomic E-state index is 0.557. The van der Waals surface area contributed by atoms with Crippen molar-refractivity contribution in [2.24, 2.45) is 0 Å². The van der Waals surface area contributed by atoms with Gasteiger partial charge in [0.2, 0.25) is 5.95 Å². The molecule has 2 aromatic heterocycles. The lowest BCUT2D eigenvalue weighted by atomic mass is 10.1. The molecule has 0 amide bonds. The zero-order chi connectivity index (χ0) is 16.1. The molecule has 23 heavy (non-hydrogen) atoms.